The van der Waals surface area contributed by atoms with E-state index in [0.717, 1.165) is 10.9 Å². The van der Waals surface area contributed by atoms with E-state index >= 15 is 0 Å². The molecule has 0 bridgehead atoms. The van der Waals surface area contributed by atoms with Crippen LogP contribution in [0.2, 0.25) is 0 Å². The first-order valence-electron chi connectivity index (χ1n) is 7.28. The van der Waals surface area contributed by atoms with E-state index in [4.69, 9.17) is 0 Å². The van der Waals surface area contributed by atoms with Gasteiger partial charge in [0.05, 0.1) is 6.04 Å². The molecular weight excluding hydrogens is 322 g/mol. The molecule has 0 aliphatic heterocycles. The van der Waals surface area contributed by atoms with Crippen LogP contribution in [0.5, 0.6) is 0 Å². The molecule has 0 spiro atoms. The van der Waals surface area contributed by atoms with Crippen molar-refractivity contribution in [1.82, 2.24) is 0 Å². The summed E-state index contributed by atoms with van der Waals surface area (Å²) in [6.45, 7) is 2.21. The fourth-order valence-corrected chi connectivity index (χ4v) is 3.16. The Balaban J connectivity index is 1.99. The van der Waals surface area contributed by atoms with Gasteiger partial charge in [-0.15, -0.1) is 0 Å². The third kappa shape index (κ3) is 2.96. The predicted octanol–water partition coefficient (Wildman–Crippen LogP) is 6.17. The molecule has 21 heavy (non-hydrogen) atoms. The second kappa shape index (κ2) is 6.31. The Morgan fingerprint density at radius 1 is 0.857 bits per heavy atom. The summed E-state index contributed by atoms with van der Waals surface area (Å²) in [5, 5.41) is 6.19. The normalized spacial score (nSPS) is 12.3. The lowest BCUT2D eigenvalue weighted by Gasteiger charge is -2.20. The summed E-state index contributed by atoms with van der Waals surface area (Å²) in [6.07, 6.45) is 1.05. The topological polar surface area (TPSA) is 12.0 Å². The molecule has 0 aliphatic carbocycles. The van der Waals surface area contributed by atoms with Crippen LogP contribution in [0, 0.1) is 0 Å². The lowest BCUT2D eigenvalue weighted by Crippen LogP contribution is -2.09. The number of hydrogen-bond acceptors (Lipinski definition) is 1. The van der Waals surface area contributed by atoms with Crippen molar-refractivity contribution >= 4 is 32.4 Å². The van der Waals surface area contributed by atoms with Gasteiger partial charge in [-0.1, -0.05) is 77.5 Å². The molecule has 0 saturated carbocycles. The number of rotatable bonds is 4. The molecule has 1 atom stereocenters. The smallest absolute Gasteiger partial charge is 0.0511 e. The molecule has 0 aliphatic rings. The van der Waals surface area contributed by atoms with Gasteiger partial charge in [-0.25, -0.2) is 0 Å². The molecule has 0 amide bonds. The molecule has 0 heterocycles. The lowest BCUT2D eigenvalue weighted by atomic mass is 10.0. The molecular formula is C19H18BrN. The highest BCUT2D eigenvalue weighted by molar-refractivity contribution is 9.10. The molecule has 3 aromatic carbocycles. The van der Waals surface area contributed by atoms with Crippen LogP contribution in [0.1, 0.15) is 24.9 Å². The second-order valence-electron chi connectivity index (χ2n) is 5.16. The van der Waals surface area contributed by atoms with Gasteiger partial charge in [-0.05, 0) is 29.5 Å². The summed E-state index contributed by atoms with van der Waals surface area (Å²) in [7, 11) is 0. The van der Waals surface area contributed by atoms with Crippen molar-refractivity contribution in [2.75, 3.05) is 5.32 Å². The molecule has 0 aromatic heterocycles. The number of fused-ring (bicyclic) bond motifs is 1. The fourth-order valence-electron chi connectivity index (χ4n) is 2.68. The third-order valence-corrected chi connectivity index (χ3v) is 4.50. The van der Waals surface area contributed by atoms with Gasteiger partial charge in [0.1, 0.15) is 0 Å². The zero-order valence-electron chi connectivity index (χ0n) is 12.0. The Morgan fingerprint density at radius 3 is 2.24 bits per heavy atom. The molecule has 0 fully saturated rings. The Kier molecular flexibility index (Phi) is 4.26. The quantitative estimate of drug-likeness (QED) is 0.599. The Morgan fingerprint density at radius 2 is 1.52 bits per heavy atom. The second-order valence-corrected chi connectivity index (χ2v) is 6.01. The average molecular weight is 340 g/mol. The fraction of sp³-hybridized carbons (Fsp3) is 0.158. The number of nitrogens with one attached hydrogen (secondary N) is 1. The largest absolute Gasteiger partial charge is 0.378 e. The first-order valence-corrected chi connectivity index (χ1v) is 8.07. The van der Waals surface area contributed by atoms with E-state index < -0.39 is 0 Å². The first kappa shape index (κ1) is 14.2. The van der Waals surface area contributed by atoms with Gasteiger partial charge in [-0.2, -0.15) is 0 Å². The minimum Gasteiger partial charge on any atom is -0.378 e. The molecule has 1 unspecified atom stereocenters. The maximum Gasteiger partial charge on any atom is 0.0511 e. The molecule has 0 saturated heterocycles. The highest BCUT2D eigenvalue weighted by Gasteiger charge is 2.11. The van der Waals surface area contributed by atoms with Gasteiger partial charge in [0.15, 0.2) is 0 Å². The van der Waals surface area contributed by atoms with E-state index in [2.05, 4.69) is 94.9 Å². The molecule has 1 nitrogen and oxygen atoms in total. The van der Waals surface area contributed by atoms with Gasteiger partial charge in [0.2, 0.25) is 0 Å². The van der Waals surface area contributed by atoms with Crippen LogP contribution in [0.3, 0.4) is 0 Å². The lowest BCUT2D eigenvalue weighted by molar-refractivity contribution is 0.750. The van der Waals surface area contributed by atoms with Crippen LogP contribution < -0.4 is 5.32 Å². The van der Waals surface area contributed by atoms with E-state index in [-0.39, 0.29) is 0 Å². The standard InChI is InChI=1S/C19H18BrN/c1-2-18(14-8-4-3-5-9-14)21-19-13-12-17(20)15-10-6-7-11-16(15)19/h3-13,18,21H,2H2,1H3. The van der Waals surface area contributed by atoms with Gasteiger partial charge in [-0.3, -0.25) is 0 Å². The van der Waals surface area contributed by atoms with Crippen molar-refractivity contribution in [3.63, 3.8) is 0 Å². The number of benzene rings is 3. The third-order valence-electron chi connectivity index (χ3n) is 3.81. The first-order chi connectivity index (χ1) is 10.3. The minimum atomic E-state index is 0.329. The van der Waals surface area contributed by atoms with E-state index in [0.29, 0.717) is 6.04 Å². The monoisotopic (exact) mass is 339 g/mol. The van der Waals surface area contributed by atoms with Crippen molar-refractivity contribution in [2.24, 2.45) is 0 Å². The molecule has 106 valence electrons. The Bertz CT molecular complexity index is 737. The number of anilines is 1. The summed E-state index contributed by atoms with van der Waals surface area (Å²) < 4.78 is 1.14. The predicted molar refractivity (Wildman–Crippen MR) is 94.7 cm³/mol. The summed E-state index contributed by atoms with van der Waals surface area (Å²) >= 11 is 3.63. The summed E-state index contributed by atoms with van der Waals surface area (Å²) in [6, 6.07) is 23.7. The molecule has 2 heteroatoms. The average Bonchev–Trinajstić information content (AvgIpc) is 2.55. The summed E-state index contributed by atoms with van der Waals surface area (Å²) in [4.78, 5) is 0. The van der Waals surface area contributed by atoms with E-state index in [1.807, 2.05) is 0 Å². The van der Waals surface area contributed by atoms with Crippen molar-refractivity contribution in [3.05, 3.63) is 76.8 Å². The van der Waals surface area contributed by atoms with Crippen LogP contribution in [-0.2, 0) is 0 Å². The zero-order chi connectivity index (χ0) is 14.7. The number of hydrogen-bond donors (Lipinski definition) is 1. The Hall–Kier alpha value is -1.80. The van der Waals surface area contributed by atoms with Crippen LogP contribution in [0.25, 0.3) is 10.8 Å². The van der Waals surface area contributed by atoms with Crippen LogP contribution in [0.15, 0.2) is 71.2 Å². The van der Waals surface area contributed by atoms with Crippen LogP contribution >= 0.6 is 15.9 Å². The van der Waals surface area contributed by atoms with Gasteiger partial charge in [0, 0.05) is 15.5 Å². The molecule has 0 radical (unpaired) electrons. The van der Waals surface area contributed by atoms with E-state index in [1.165, 1.54) is 22.0 Å². The van der Waals surface area contributed by atoms with Gasteiger partial charge >= 0.3 is 0 Å². The summed E-state index contributed by atoms with van der Waals surface area (Å²) in [5.41, 5.74) is 2.51. The van der Waals surface area contributed by atoms with Crippen LogP contribution in [-0.4, -0.2) is 0 Å². The highest BCUT2D eigenvalue weighted by Crippen LogP contribution is 2.32. The molecule has 1 N–H and O–H groups in total. The van der Waals surface area contributed by atoms with Crippen molar-refractivity contribution in [3.8, 4) is 0 Å². The van der Waals surface area contributed by atoms with E-state index in [9.17, 15) is 0 Å². The molecule has 3 rings (SSSR count). The highest BCUT2D eigenvalue weighted by atomic mass is 79.9. The summed E-state index contributed by atoms with van der Waals surface area (Å²) in [5.74, 6) is 0. The van der Waals surface area contributed by atoms with Crippen molar-refractivity contribution in [1.29, 1.82) is 0 Å². The maximum atomic E-state index is 3.69. The molecule has 3 aromatic rings. The van der Waals surface area contributed by atoms with Crippen molar-refractivity contribution < 1.29 is 0 Å². The van der Waals surface area contributed by atoms with E-state index in [1.54, 1.807) is 0 Å². The Labute approximate surface area is 134 Å². The van der Waals surface area contributed by atoms with Crippen LogP contribution in [0.4, 0.5) is 5.69 Å². The van der Waals surface area contributed by atoms with Crippen molar-refractivity contribution in [2.45, 2.75) is 19.4 Å². The number of halogens is 1. The maximum absolute atomic E-state index is 3.69. The zero-order valence-corrected chi connectivity index (χ0v) is 13.6. The minimum absolute atomic E-state index is 0.329. The van der Waals surface area contributed by atoms with Gasteiger partial charge < -0.3 is 5.32 Å². The van der Waals surface area contributed by atoms with Gasteiger partial charge in [0.25, 0.3) is 0 Å². The SMILES string of the molecule is CCC(Nc1ccc(Br)c2ccccc12)c1ccccc1.